The van der Waals surface area contributed by atoms with Crippen LogP contribution in [0.1, 0.15) is 23.7 Å². The Labute approximate surface area is 82.3 Å². The minimum atomic E-state index is -0.0140. The van der Waals surface area contributed by atoms with Crippen molar-refractivity contribution in [2.24, 2.45) is 0 Å². The van der Waals surface area contributed by atoms with Crippen LogP contribution in [-0.2, 0) is 0 Å². The fourth-order valence-electron chi connectivity index (χ4n) is 0.971. The summed E-state index contributed by atoms with van der Waals surface area (Å²) >= 11 is 5.79. The van der Waals surface area contributed by atoms with Gasteiger partial charge in [0.2, 0.25) is 0 Å². The first-order valence-electron chi connectivity index (χ1n) is 3.88. The normalized spacial score (nSPS) is 9.69. The number of hydrogen-bond donors (Lipinski definition) is 0. The van der Waals surface area contributed by atoms with Crippen molar-refractivity contribution in [2.45, 2.75) is 13.3 Å². The van der Waals surface area contributed by atoms with Gasteiger partial charge in [-0.15, -0.1) is 0 Å². The van der Waals surface area contributed by atoms with E-state index >= 15 is 0 Å². The van der Waals surface area contributed by atoms with Gasteiger partial charge in [-0.05, 0) is 13.0 Å². The molecule has 0 fully saturated rings. The summed E-state index contributed by atoms with van der Waals surface area (Å²) < 4.78 is 0. The average Bonchev–Trinajstić information content (AvgIpc) is 2.03. The maximum atomic E-state index is 11.5. The molecule has 0 radical (unpaired) electrons. The second-order valence-corrected chi connectivity index (χ2v) is 3.32. The number of rotatable bonds is 3. The maximum Gasteiger partial charge on any atom is 0.168 e. The van der Waals surface area contributed by atoms with E-state index in [0.29, 0.717) is 17.0 Å². The topological polar surface area (TPSA) is 30.0 Å². The molecule has 0 aliphatic rings. The minimum absolute atomic E-state index is 0.0140. The summed E-state index contributed by atoms with van der Waals surface area (Å²) in [6.07, 6.45) is 3.36. The van der Waals surface area contributed by atoms with Crippen molar-refractivity contribution in [1.82, 2.24) is 4.98 Å². The Kier molecular flexibility index (Phi) is 3.20. The maximum absolute atomic E-state index is 11.5. The van der Waals surface area contributed by atoms with Gasteiger partial charge in [0.05, 0.1) is 5.02 Å². The summed E-state index contributed by atoms with van der Waals surface area (Å²) in [4.78, 5) is 15.3. The van der Waals surface area contributed by atoms with Gasteiger partial charge in [0.25, 0.3) is 0 Å². The molecule has 0 atom stereocenters. The molecule has 0 amide bonds. The zero-order valence-corrected chi connectivity index (χ0v) is 8.14. The average molecular weight is 196 g/mol. The molecule has 0 unspecified atom stereocenters. The van der Waals surface area contributed by atoms with Crippen LogP contribution in [0, 0.1) is 0 Å². The van der Waals surface area contributed by atoms with E-state index in [9.17, 15) is 4.79 Å². The highest BCUT2D eigenvalue weighted by atomic mass is 35.5. The molecule has 1 heterocycles. The van der Waals surface area contributed by atoms with Crippen molar-refractivity contribution in [2.75, 3.05) is 0 Å². The van der Waals surface area contributed by atoms with Crippen LogP contribution in [0.2, 0.25) is 5.02 Å². The number of halogens is 1. The van der Waals surface area contributed by atoms with Crippen molar-refractivity contribution in [3.63, 3.8) is 0 Å². The molecule has 0 aliphatic carbocycles. The van der Waals surface area contributed by atoms with E-state index in [-0.39, 0.29) is 5.78 Å². The number of ketones is 1. The molecule has 0 aromatic carbocycles. The number of carbonyl (C=O) groups is 1. The molecule has 3 heteroatoms. The van der Waals surface area contributed by atoms with E-state index in [2.05, 4.69) is 11.6 Å². The Morgan fingerprint density at radius 3 is 2.92 bits per heavy atom. The van der Waals surface area contributed by atoms with Gasteiger partial charge < -0.3 is 0 Å². The SMILES string of the molecule is C=C(C)CC(=O)c1ccncc1Cl. The predicted molar refractivity (Wildman–Crippen MR) is 53.0 cm³/mol. The lowest BCUT2D eigenvalue weighted by atomic mass is 10.1. The zero-order valence-electron chi connectivity index (χ0n) is 7.38. The molecule has 13 heavy (non-hydrogen) atoms. The van der Waals surface area contributed by atoms with Crippen LogP contribution < -0.4 is 0 Å². The number of nitrogens with zero attached hydrogens (tertiary/aromatic N) is 1. The number of carbonyl (C=O) groups excluding carboxylic acids is 1. The van der Waals surface area contributed by atoms with Crippen molar-refractivity contribution >= 4 is 17.4 Å². The third-order valence-corrected chi connectivity index (χ3v) is 1.84. The second kappa shape index (κ2) is 4.19. The molecule has 1 aromatic heterocycles. The van der Waals surface area contributed by atoms with Gasteiger partial charge in [-0.3, -0.25) is 9.78 Å². The van der Waals surface area contributed by atoms with Gasteiger partial charge in [-0.1, -0.05) is 23.8 Å². The fraction of sp³-hybridized carbons (Fsp3) is 0.200. The van der Waals surface area contributed by atoms with Crippen LogP contribution >= 0.6 is 11.6 Å². The monoisotopic (exact) mass is 195 g/mol. The molecule has 0 spiro atoms. The van der Waals surface area contributed by atoms with Crippen molar-refractivity contribution in [3.8, 4) is 0 Å². The Bertz CT molecular complexity index is 347. The van der Waals surface area contributed by atoms with Crippen LogP contribution in [0.5, 0.6) is 0 Å². The molecule has 2 nitrogen and oxygen atoms in total. The van der Waals surface area contributed by atoms with E-state index in [0.717, 1.165) is 5.57 Å². The molecule has 0 saturated carbocycles. The number of allylic oxidation sites excluding steroid dienone is 1. The first kappa shape index (κ1) is 9.93. The number of Topliss-reactive ketones (excluding diaryl/α,β-unsaturated/α-hetero) is 1. The lowest BCUT2D eigenvalue weighted by molar-refractivity contribution is 0.0993. The Hall–Kier alpha value is -1.15. The highest BCUT2D eigenvalue weighted by Gasteiger charge is 2.09. The van der Waals surface area contributed by atoms with Crippen LogP contribution in [0.15, 0.2) is 30.6 Å². The Balaban J connectivity index is 2.89. The van der Waals surface area contributed by atoms with E-state index in [1.165, 1.54) is 6.20 Å². The summed E-state index contributed by atoms with van der Waals surface area (Å²) in [5, 5.41) is 0.397. The summed E-state index contributed by atoms with van der Waals surface area (Å²) in [5.41, 5.74) is 1.34. The van der Waals surface area contributed by atoms with Crippen LogP contribution in [-0.4, -0.2) is 10.8 Å². The van der Waals surface area contributed by atoms with E-state index in [4.69, 9.17) is 11.6 Å². The van der Waals surface area contributed by atoms with Crippen LogP contribution in [0.4, 0.5) is 0 Å². The third kappa shape index (κ3) is 2.67. The van der Waals surface area contributed by atoms with Gasteiger partial charge in [0.1, 0.15) is 0 Å². The Morgan fingerprint density at radius 1 is 1.69 bits per heavy atom. The summed E-state index contributed by atoms with van der Waals surface area (Å²) in [5.74, 6) is -0.0140. The first-order chi connectivity index (χ1) is 6.11. The van der Waals surface area contributed by atoms with E-state index < -0.39 is 0 Å². The van der Waals surface area contributed by atoms with Crippen molar-refractivity contribution in [1.29, 1.82) is 0 Å². The minimum Gasteiger partial charge on any atom is -0.294 e. The van der Waals surface area contributed by atoms with Crippen molar-refractivity contribution in [3.05, 3.63) is 41.2 Å². The summed E-state index contributed by atoms with van der Waals surface area (Å²) in [7, 11) is 0. The summed E-state index contributed by atoms with van der Waals surface area (Å²) in [6.45, 7) is 5.48. The second-order valence-electron chi connectivity index (χ2n) is 2.91. The summed E-state index contributed by atoms with van der Waals surface area (Å²) in [6, 6.07) is 1.62. The molecule has 0 bridgehead atoms. The molecular weight excluding hydrogens is 186 g/mol. The number of hydrogen-bond acceptors (Lipinski definition) is 2. The standard InChI is InChI=1S/C10H10ClNO/c1-7(2)5-10(13)8-3-4-12-6-9(8)11/h3-4,6H,1,5H2,2H3. The highest BCUT2D eigenvalue weighted by molar-refractivity contribution is 6.33. The smallest absolute Gasteiger partial charge is 0.168 e. The number of aromatic nitrogens is 1. The predicted octanol–water partition coefficient (Wildman–Crippen LogP) is 2.88. The lowest BCUT2D eigenvalue weighted by Crippen LogP contribution is -2.00. The molecular formula is C10H10ClNO. The molecule has 68 valence electrons. The Morgan fingerprint density at radius 2 is 2.38 bits per heavy atom. The van der Waals surface area contributed by atoms with Gasteiger partial charge in [-0.25, -0.2) is 0 Å². The first-order valence-corrected chi connectivity index (χ1v) is 4.26. The molecule has 1 rings (SSSR count). The van der Waals surface area contributed by atoms with Gasteiger partial charge in [0, 0.05) is 24.4 Å². The van der Waals surface area contributed by atoms with Crippen LogP contribution in [0.25, 0.3) is 0 Å². The molecule has 0 N–H and O–H groups in total. The van der Waals surface area contributed by atoms with Gasteiger partial charge in [0.15, 0.2) is 5.78 Å². The van der Waals surface area contributed by atoms with E-state index in [1.807, 2.05) is 6.92 Å². The third-order valence-electron chi connectivity index (χ3n) is 1.54. The fourth-order valence-corrected chi connectivity index (χ4v) is 1.20. The van der Waals surface area contributed by atoms with E-state index in [1.54, 1.807) is 12.3 Å². The molecule has 0 saturated heterocycles. The van der Waals surface area contributed by atoms with Crippen LogP contribution in [0.3, 0.4) is 0 Å². The largest absolute Gasteiger partial charge is 0.294 e. The molecule has 1 aromatic rings. The molecule has 0 aliphatic heterocycles. The number of pyridine rings is 1. The van der Waals surface area contributed by atoms with Gasteiger partial charge >= 0.3 is 0 Å². The quantitative estimate of drug-likeness (QED) is 0.549. The zero-order chi connectivity index (χ0) is 9.84. The highest BCUT2D eigenvalue weighted by Crippen LogP contribution is 2.16. The van der Waals surface area contributed by atoms with Gasteiger partial charge in [-0.2, -0.15) is 0 Å². The van der Waals surface area contributed by atoms with Crippen molar-refractivity contribution < 1.29 is 4.79 Å². The lowest BCUT2D eigenvalue weighted by Gasteiger charge is -2.01.